The molecule has 1 aliphatic heterocycles. The van der Waals surface area contributed by atoms with Crippen LogP contribution in [0.5, 0.6) is 5.75 Å². The third-order valence-electron chi connectivity index (χ3n) is 4.71. The maximum Gasteiger partial charge on any atom is 0.363 e. The van der Waals surface area contributed by atoms with E-state index in [4.69, 9.17) is 21.1 Å². The SMILES string of the molecule is Cc1cccc(COc2ccc(/C=C3/N=C(c4ccc(C)c(Cl)c4)OC3=O)cc2)c1. The van der Waals surface area contributed by atoms with E-state index < -0.39 is 5.97 Å². The van der Waals surface area contributed by atoms with Crippen molar-refractivity contribution in [1.29, 1.82) is 0 Å². The minimum atomic E-state index is -0.485. The second-order valence-corrected chi connectivity index (χ2v) is 7.55. The molecule has 0 saturated carbocycles. The van der Waals surface area contributed by atoms with E-state index in [1.165, 1.54) is 5.56 Å². The third kappa shape index (κ3) is 4.61. The average Bonchev–Trinajstić information content (AvgIpc) is 3.10. The Bertz CT molecular complexity index is 1160. The molecule has 0 saturated heterocycles. The van der Waals surface area contributed by atoms with Gasteiger partial charge in [0.1, 0.15) is 12.4 Å². The van der Waals surface area contributed by atoms with Crippen LogP contribution in [0.4, 0.5) is 0 Å². The summed E-state index contributed by atoms with van der Waals surface area (Å²) in [5.74, 6) is 0.527. The molecule has 3 aromatic carbocycles. The van der Waals surface area contributed by atoms with E-state index in [9.17, 15) is 4.79 Å². The van der Waals surface area contributed by atoms with Crippen LogP contribution in [0.3, 0.4) is 0 Å². The smallest absolute Gasteiger partial charge is 0.363 e. The van der Waals surface area contributed by atoms with E-state index >= 15 is 0 Å². The highest BCUT2D eigenvalue weighted by Crippen LogP contribution is 2.23. The largest absolute Gasteiger partial charge is 0.489 e. The molecule has 0 aromatic heterocycles. The van der Waals surface area contributed by atoms with Gasteiger partial charge in [-0.25, -0.2) is 9.79 Å². The van der Waals surface area contributed by atoms with Crippen molar-refractivity contribution in [3.8, 4) is 5.75 Å². The quantitative estimate of drug-likeness (QED) is 0.384. The first-order valence-corrected chi connectivity index (χ1v) is 9.93. The molecule has 0 fully saturated rings. The first-order valence-electron chi connectivity index (χ1n) is 9.55. The van der Waals surface area contributed by atoms with Crippen LogP contribution in [0, 0.1) is 13.8 Å². The van der Waals surface area contributed by atoms with Crippen molar-refractivity contribution in [2.45, 2.75) is 20.5 Å². The topological polar surface area (TPSA) is 47.9 Å². The summed E-state index contributed by atoms with van der Waals surface area (Å²) in [6.07, 6.45) is 1.69. The fourth-order valence-corrected chi connectivity index (χ4v) is 3.23. The van der Waals surface area contributed by atoms with E-state index in [1.807, 2.05) is 55.5 Å². The Morgan fingerprint density at radius 1 is 1.03 bits per heavy atom. The Hall–Kier alpha value is -3.37. The predicted octanol–water partition coefficient (Wildman–Crippen LogP) is 5.88. The summed E-state index contributed by atoms with van der Waals surface area (Å²) in [5, 5.41) is 0.602. The van der Waals surface area contributed by atoms with Crippen LogP contribution >= 0.6 is 11.6 Å². The number of cyclic esters (lactones) is 1. The molecule has 5 heteroatoms. The standard InChI is InChI=1S/C25H20ClNO3/c1-16-4-3-5-19(12-16)15-29-21-10-7-18(8-11-21)13-23-25(28)30-24(27-23)20-9-6-17(2)22(26)14-20/h3-14H,15H2,1-2H3/b23-13+. The molecule has 0 N–H and O–H groups in total. The molecule has 1 aliphatic rings. The first kappa shape index (κ1) is 19.9. The van der Waals surface area contributed by atoms with Gasteiger partial charge in [0.15, 0.2) is 5.70 Å². The lowest BCUT2D eigenvalue weighted by atomic mass is 10.1. The normalized spacial score (nSPS) is 14.6. The van der Waals surface area contributed by atoms with Gasteiger partial charge in [0.25, 0.3) is 0 Å². The van der Waals surface area contributed by atoms with Gasteiger partial charge in [0, 0.05) is 10.6 Å². The number of nitrogens with zero attached hydrogens (tertiary/aromatic N) is 1. The average molecular weight is 418 g/mol. The molecular weight excluding hydrogens is 398 g/mol. The number of benzene rings is 3. The minimum Gasteiger partial charge on any atom is -0.489 e. The molecule has 30 heavy (non-hydrogen) atoms. The second-order valence-electron chi connectivity index (χ2n) is 7.15. The molecule has 0 bridgehead atoms. The highest BCUT2D eigenvalue weighted by atomic mass is 35.5. The van der Waals surface area contributed by atoms with E-state index in [-0.39, 0.29) is 11.6 Å². The van der Waals surface area contributed by atoms with Crippen molar-refractivity contribution in [3.63, 3.8) is 0 Å². The number of esters is 1. The number of rotatable bonds is 5. The van der Waals surface area contributed by atoms with Crippen LogP contribution in [-0.2, 0) is 16.1 Å². The van der Waals surface area contributed by atoms with E-state index in [2.05, 4.69) is 24.0 Å². The predicted molar refractivity (Wildman–Crippen MR) is 119 cm³/mol. The molecule has 0 spiro atoms. The molecule has 0 radical (unpaired) electrons. The number of aliphatic imine (C=N–C) groups is 1. The highest BCUT2D eigenvalue weighted by molar-refractivity contribution is 6.31. The lowest BCUT2D eigenvalue weighted by Gasteiger charge is -2.07. The Morgan fingerprint density at radius 3 is 2.57 bits per heavy atom. The number of hydrogen-bond acceptors (Lipinski definition) is 4. The van der Waals surface area contributed by atoms with Crippen molar-refractivity contribution in [3.05, 3.63) is 105 Å². The fourth-order valence-electron chi connectivity index (χ4n) is 3.05. The molecule has 0 aliphatic carbocycles. The van der Waals surface area contributed by atoms with Crippen molar-refractivity contribution in [2.24, 2.45) is 4.99 Å². The van der Waals surface area contributed by atoms with Crippen LogP contribution in [-0.4, -0.2) is 11.9 Å². The maximum absolute atomic E-state index is 12.2. The Balaban J connectivity index is 1.46. The van der Waals surface area contributed by atoms with Crippen LogP contribution in [0.25, 0.3) is 6.08 Å². The van der Waals surface area contributed by atoms with Gasteiger partial charge in [-0.1, -0.05) is 59.6 Å². The zero-order chi connectivity index (χ0) is 21.1. The molecule has 4 nitrogen and oxygen atoms in total. The summed E-state index contributed by atoms with van der Waals surface area (Å²) in [6, 6.07) is 21.1. The number of aryl methyl sites for hydroxylation is 2. The summed E-state index contributed by atoms with van der Waals surface area (Å²) in [7, 11) is 0. The van der Waals surface area contributed by atoms with Gasteiger partial charge in [0.2, 0.25) is 5.90 Å². The van der Waals surface area contributed by atoms with Crippen LogP contribution < -0.4 is 4.74 Å². The zero-order valence-corrected chi connectivity index (χ0v) is 17.4. The molecule has 150 valence electrons. The minimum absolute atomic E-state index is 0.245. The number of carbonyl (C=O) groups excluding carboxylic acids is 1. The number of halogens is 1. The van der Waals surface area contributed by atoms with Crippen molar-refractivity contribution in [1.82, 2.24) is 0 Å². The maximum atomic E-state index is 12.2. The molecule has 0 unspecified atom stereocenters. The number of ether oxygens (including phenoxy) is 2. The van der Waals surface area contributed by atoms with E-state index in [0.717, 1.165) is 22.4 Å². The van der Waals surface area contributed by atoms with Gasteiger partial charge >= 0.3 is 5.97 Å². The third-order valence-corrected chi connectivity index (χ3v) is 5.12. The number of hydrogen-bond donors (Lipinski definition) is 0. The van der Waals surface area contributed by atoms with Crippen molar-refractivity contribution < 1.29 is 14.3 Å². The van der Waals surface area contributed by atoms with Gasteiger partial charge in [-0.2, -0.15) is 0 Å². The lowest BCUT2D eigenvalue weighted by molar-refractivity contribution is -0.129. The summed E-state index contributed by atoms with van der Waals surface area (Å²) < 4.78 is 11.1. The second kappa shape index (κ2) is 8.56. The van der Waals surface area contributed by atoms with Crippen LogP contribution in [0.1, 0.15) is 27.8 Å². The van der Waals surface area contributed by atoms with E-state index in [0.29, 0.717) is 17.2 Å². The Labute approximate surface area is 180 Å². The van der Waals surface area contributed by atoms with Crippen LogP contribution in [0.2, 0.25) is 5.02 Å². The van der Waals surface area contributed by atoms with Gasteiger partial charge < -0.3 is 9.47 Å². The molecule has 3 aromatic rings. The van der Waals surface area contributed by atoms with Gasteiger partial charge in [0.05, 0.1) is 0 Å². The Kier molecular flexibility index (Phi) is 5.68. The van der Waals surface area contributed by atoms with E-state index in [1.54, 1.807) is 12.1 Å². The summed E-state index contributed by atoms with van der Waals surface area (Å²) in [5.41, 5.74) is 5.02. The van der Waals surface area contributed by atoms with Crippen LogP contribution in [0.15, 0.2) is 77.4 Å². The summed E-state index contributed by atoms with van der Waals surface area (Å²) in [4.78, 5) is 16.5. The molecule has 0 atom stereocenters. The summed E-state index contributed by atoms with van der Waals surface area (Å²) in [6.45, 7) is 4.47. The Morgan fingerprint density at radius 2 is 1.83 bits per heavy atom. The molecule has 4 rings (SSSR count). The van der Waals surface area contributed by atoms with Gasteiger partial charge in [-0.15, -0.1) is 0 Å². The van der Waals surface area contributed by atoms with Gasteiger partial charge in [-0.3, -0.25) is 0 Å². The first-order chi connectivity index (χ1) is 14.5. The van der Waals surface area contributed by atoms with Crippen molar-refractivity contribution in [2.75, 3.05) is 0 Å². The summed E-state index contributed by atoms with van der Waals surface area (Å²) >= 11 is 6.16. The lowest BCUT2D eigenvalue weighted by Crippen LogP contribution is -2.05. The van der Waals surface area contributed by atoms with Crippen molar-refractivity contribution >= 4 is 29.5 Å². The molecular formula is C25H20ClNO3. The van der Waals surface area contributed by atoms with Gasteiger partial charge in [-0.05, 0) is 60.9 Å². The molecule has 0 amide bonds. The highest BCUT2D eigenvalue weighted by Gasteiger charge is 2.24. The monoisotopic (exact) mass is 417 g/mol. The zero-order valence-electron chi connectivity index (χ0n) is 16.7. The molecule has 1 heterocycles. The number of carbonyl (C=O) groups is 1. The fraction of sp³-hybridized carbons (Fsp3) is 0.120.